The Labute approximate surface area is 150 Å². The highest BCUT2D eigenvalue weighted by atomic mass is 32.2. The zero-order valence-electron chi connectivity index (χ0n) is 13.5. The second-order valence-corrected chi connectivity index (χ2v) is 6.77. The largest absolute Gasteiger partial charge is 0.744 e. The average Bonchev–Trinajstić information content (AvgIpc) is 2.61. The van der Waals surface area contributed by atoms with Crippen LogP contribution >= 0.6 is 0 Å². The van der Waals surface area contributed by atoms with Crippen molar-refractivity contribution in [2.45, 2.75) is 4.90 Å². The van der Waals surface area contributed by atoms with Crippen molar-refractivity contribution >= 4 is 16.2 Å². The molecule has 1 amide bonds. The van der Waals surface area contributed by atoms with Gasteiger partial charge in [0.05, 0.1) is 4.90 Å². The van der Waals surface area contributed by atoms with E-state index in [1.165, 1.54) is 12.1 Å². The summed E-state index contributed by atoms with van der Waals surface area (Å²) < 4.78 is 41.1. The topological polar surface area (TPSA) is 110 Å². The number of hydrogen-bond donors (Lipinski definition) is 1. The summed E-state index contributed by atoms with van der Waals surface area (Å²) in [7, 11) is -4.83. The quantitative estimate of drug-likeness (QED) is 0.710. The van der Waals surface area contributed by atoms with Crippen LogP contribution in [0.5, 0.6) is 5.75 Å². The van der Waals surface area contributed by atoms with Gasteiger partial charge in [-0.1, -0.05) is 60.7 Å². The van der Waals surface area contributed by atoms with Crippen LogP contribution in [0.25, 0.3) is 22.3 Å². The average molecular weight is 368 g/mol. The molecule has 0 spiro atoms. The molecule has 2 N–H and O–H groups in total. The molecule has 132 valence electrons. The molecule has 0 fully saturated rings. The molecule has 6 nitrogen and oxygen atoms in total. The lowest BCUT2D eigenvalue weighted by molar-refractivity contribution is 0.211. The van der Waals surface area contributed by atoms with Crippen molar-refractivity contribution in [1.29, 1.82) is 0 Å². The highest BCUT2D eigenvalue weighted by Gasteiger charge is 2.20. The molecule has 3 rings (SSSR count). The summed E-state index contributed by atoms with van der Waals surface area (Å²) in [5.41, 5.74) is 6.35. The number of hydrogen-bond acceptors (Lipinski definition) is 5. The molecule has 0 aliphatic rings. The number of benzene rings is 3. The smallest absolute Gasteiger partial charge is 0.409 e. The van der Waals surface area contributed by atoms with E-state index in [0.717, 1.165) is 0 Å². The van der Waals surface area contributed by atoms with Gasteiger partial charge in [-0.25, -0.2) is 13.2 Å². The molecular formula is C19H14NO5S-. The first kappa shape index (κ1) is 17.7. The molecule has 0 aliphatic heterocycles. The molecule has 0 unspecified atom stereocenters. The summed E-state index contributed by atoms with van der Waals surface area (Å²) in [6.07, 6.45) is -1.04. The Kier molecular flexibility index (Phi) is 4.75. The van der Waals surface area contributed by atoms with Gasteiger partial charge in [0.25, 0.3) is 0 Å². The fourth-order valence-electron chi connectivity index (χ4n) is 2.71. The minimum Gasteiger partial charge on any atom is -0.744 e. The maximum atomic E-state index is 12.1. The summed E-state index contributed by atoms with van der Waals surface area (Å²) in [6, 6.07) is 19.6. The molecule has 0 saturated heterocycles. The second kappa shape index (κ2) is 6.99. The molecule has 26 heavy (non-hydrogen) atoms. The SMILES string of the molecule is NC(=O)Oc1cc(-c2ccccc2)c(S(=O)(=O)[O-])c(-c2ccccc2)c1. The van der Waals surface area contributed by atoms with Gasteiger partial charge in [0, 0.05) is 11.1 Å². The first-order valence-corrected chi connectivity index (χ1v) is 8.99. The fourth-order valence-corrected chi connectivity index (χ4v) is 3.60. The summed E-state index contributed by atoms with van der Waals surface area (Å²) >= 11 is 0. The third kappa shape index (κ3) is 3.74. The molecule has 0 atom stereocenters. The normalized spacial score (nSPS) is 11.1. The first-order valence-electron chi connectivity index (χ1n) is 7.58. The fraction of sp³-hybridized carbons (Fsp3) is 0. The summed E-state index contributed by atoms with van der Waals surface area (Å²) in [4.78, 5) is 10.8. The van der Waals surface area contributed by atoms with Gasteiger partial charge in [0.15, 0.2) is 0 Å². The molecule has 0 radical (unpaired) electrons. The zero-order valence-corrected chi connectivity index (χ0v) is 14.3. The minimum atomic E-state index is -4.83. The first-order chi connectivity index (χ1) is 12.4. The molecule has 0 heterocycles. The lowest BCUT2D eigenvalue weighted by Crippen LogP contribution is -2.16. The Balaban J connectivity index is 2.40. The van der Waals surface area contributed by atoms with Crippen molar-refractivity contribution in [3.8, 4) is 28.0 Å². The Hall–Kier alpha value is -3.16. The van der Waals surface area contributed by atoms with Crippen LogP contribution in [-0.2, 0) is 10.1 Å². The van der Waals surface area contributed by atoms with E-state index in [9.17, 15) is 17.8 Å². The molecule has 0 aliphatic carbocycles. The van der Waals surface area contributed by atoms with Crippen LogP contribution in [0, 0.1) is 0 Å². The Bertz CT molecular complexity index is 987. The number of ether oxygens (including phenoxy) is 1. The van der Waals surface area contributed by atoms with Crippen molar-refractivity contribution in [2.75, 3.05) is 0 Å². The third-order valence-corrected chi connectivity index (χ3v) is 4.64. The molecule has 0 saturated carbocycles. The zero-order chi connectivity index (χ0) is 18.7. The highest BCUT2D eigenvalue weighted by molar-refractivity contribution is 7.86. The second-order valence-electron chi connectivity index (χ2n) is 5.45. The van der Waals surface area contributed by atoms with Crippen molar-refractivity contribution < 1.29 is 22.5 Å². The lowest BCUT2D eigenvalue weighted by atomic mass is 9.98. The van der Waals surface area contributed by atoms with Crippen LogP contribution in [0.15, 0.2) is 77.7 Å². The van der Waals surface area contributed by atoms with Crippen molar-refractivity contribution in [3.63, 3.8) is 0 Å². The monoisotopic (exact) mass is 368 g/mol. The van der Waals surface area contributed by atoms with E-state index in [0.29, 0.717) is 11.1 Å². The van der Waals surface area contributed by atoms with E-state index in [2.05, 4.69) is 0 Å². The number of nitrogens with two attached hydrogens (primary N) is 1. The number of carbonyl (C=O) groups is 1. The molecule has 3 aromatic rings. The van der Waals surface area contributed by atoms with Crippen molar-refractivity contribution in [2.24, 2.45) is 5.73 Å². The van der Waals surface area contributed by atoms with Gasteiger partial charge in [0.1, 0.15) is 15.9 Å². The van der Waals surface area contributed by atoms with E-state index in [4.69, 9.17) is 10.5 Å². The summed E-state index contributed by atoms with van der Waals surface area (Å²) in [5, 5.41) is 0. The predicted molar refractivity (Wildman–Crippen MR) is 95.5 cm³/mol. The standard InChI is InChI=1S/C19H15NO5S/c20-19(21)25-15-11-16(13-7-3-1-4-8-13)18(26(22,23)24)17(12-15)14-9-5-2-6-10-14/h1-12H,(H2,20,21)(H,22,23,24)/p-1. The van der Waals surface area contributed by atoms with Crippen LogP contribution in [0.1, 0.15) is 0 Å². The van der Waals surface area contributed by atoms with Gasteiger partial charge < -0.3 is 15.0 Å². The highest BCUT2D eigenvalue weighted by Crippen LogP contribution is 2.39. The third-order valence-electron chi connectivity index (χ3n) is 3.70. The molecule has 7 heteroatoms. The predicted octanol–water partition coefficient (Wildman–Crippen LogP) is 3.38. The van der Waals surface area contributed by atoms with Crippen LogP contribution in [0.2, 0.25) is 0 Å². The number of amides is 1. The van der Waals surface area contributed by atoms with Gasteiger partial charge in [-0.05, 0) is 23.3 Å². The van der Waals surface area contributed by atoms with Gasteiger partial charge in [-0.3, -0.25) is 0 Å². The van der Waals surface area contributed by atoms with Gasteiger partial charge in [-0.15, -0.1) is 0 Å². The minimum absolute atomic E-state index is 0.0441. The van der Waals surface area contributed by atoms with E-state index >= 15 is 0 Å². The van der Waals surface area contributed by atoms with Crippen LogP contribution in [0.4, 0.5) is 4.79 Å². The molecule has 3 aromatic carbocycles. The molecule has 0 aromatic heterocycles. The molecular weight excluding hydrogens is 354 g/mol. The van der Waals surface area contributed by atoms with Gasteiger partial charge in [-0.2, -0.15) is 0 Å². The van der Waals surface area contributed by atoms with Crippen molar-refractivity contribution in [3.05, 3.63) is 72.8 Å². The number of primary amides is 1. The maximum Gasteiger partial charge on any atom is 0.409 e. The van der Waals surface area contributed by atoms with E-state index in [1.807, 2.05) is 0 Å². The van der Waals surface area contributed by atoms with Crippen LogP contribution in [-0.4, -0.2) is 19.1 Å². The number of rotatable bonds is 4. The Morgan fingerprint density at radius 2 is 1.27 bits per heavy atom. The van der Waals surface area contributed by atoms with Gasteiger partial charge in [0.2, 0.25) is 0 Å². The Morgan fingerprint density at radius 3 is 1.62 bits per heavy atom. The van der Waals surface area contributed by atoms with E-state index in [-0.39, 0.29) is 21.8 Å². The van der Waals surface area contributed by atoms with Crippen LogP contribution < -0.4 is 10.5 Å². The van der Waals surface area contributed by atoms with Crippen LogP contribution in [0.3, 0.4) is 0 Å². The van der Waals surface area contributed by atoms with E-state index in [1.54, 1.807) is 60.7 Å². The van der Waals surface area contributed by atoms with Crippen molar-refractivity contribution in [1.82, 2.24) is 0 Å². The maximum absolute atomic E-state index is 12.1. The Morgan fingerprint density at radius 1 is 0.846 bits per heavy atom. The lowest BCUT2D eigenvalue weighted by Gasteiger charge is -2.19. The van der Waals surface area contributed by atoms with Gasteiger partial charge >= 0.3 is 6.09 Å². The van der Waals surface area contributed by atoms with E-state index < -0.39 is 16.2 Å². The summed E-state index contributed by atoms with van der Waals surface area (Å²) in [5.74, 6) is 0.0441. The summed E-state index contributed by atoms with van der Waals surface area (Å²) in [6.45, 7) is 0. The molecule has 0 bridgehead atoms. The number of carbonyl (C=O) groups excluding carboxylic acids is 1.